The molecule has 3 heterocycles. The molecule has 3 aromatic heterocycles. The Morgan fingerprint density at radius 2 is 2.19 bits per heavy atom. The Morgan fingerprint density at radius 1 is 1.39 bits per heavy atom. The molecular formula is C22H25N5O2S2. The van der Waals surface area contributed by atoms with Crippen LogP contribution in [0.3, 0.4) is 0 Å². The number of aromatic nitrogens is 3. The summed E-state index contributed by atoms with van der Waals surface area (Å²) in [5, 5.41) is 22.3. The normalized spacial score (nSPS) is 14.5. The van der Waals surface area contributed by atoms with Crippen LogP contribution in [0.25, 0.3) is 11.4 Å². The number of hydrogen-bond donors (Lipinski definition) is 1. The minimum Gasteiger partial charge on any atom is -0.469 e. The molecule has 1 N–H and O–H groups in total. The molecule has 1 atom stereocenters. The number of carbonyl (C=O) groups excluding carboxylic acids is 1. The molecule has 0 aliphatic heterocycles. The van der Waals surface area contributed by atoms with Crippen molar-refractivity contribution in [2.75, 3.05) is 5.32 Å². The third-order valence-corrected chi connectivity index (χ3v) is 7.84. The summed E-state index contributed by atoms with van der Waals surface area (Å²) in [6.07, 6.45) is 6.99. The minimum absolute atomic E-state index is 0.135. The van der Waals surface area contributed by atoms with Crippen molar-refractivity contribution < 1.29 is 9.21 Å². The molecule has 9 heteroatoms. The molecule has 0 aromatic carbocycles. The van der Waals surface area contributed by atoms with Crippen LogP contribution in [0.4, 0.5) is 5.00 Å². The standard InChI is InChI=1S/C22H25N5O2S2/c1-4-27-19(15-10-11-29-13(15)2)25-26-22(27)30-14(3)20(28)24-21-17(12-23)16-8-6-5-7-9-18(16)31-21/h10-11,14H,4-9H2,1-3H3,(H,24,28). The molecule has 31 heavy (non-hydrogen) atoms. The highest BCUT2D eigenvalue weighted by molar-refractivity contribution is 8.00. The largest absolute Gasteiger partial charge is 0.469 e. The lowest BCUT2D eigenvalue weighted by atomic mass is 10.1. The zero-order valence-electron chi connectivity index (χ0n) is 17.9. The van der Waals surface area contributed by atoms with Crippen molar-refractivity contribution in [3.63, 3.8) is 0 Å². The van der Waals surface area contributed by atoms with Gasteiger partial charge in [-0.25, -0.2) is 0 Å². The number of nitrogens with zero attached hydrogens (tertiary/aromatic N) is 4. The maximum atomic E-state index is 12.9. The Hall–Kier alpha value is -2.57. The fourth-order valence-corrected chi connectivity index (χ4v) is 6.01. The first-order chi connectivity index (χ1) is 15.0. The number of aryl methyl sites for hydroxylation is 2. The predicted octanol–water partition coefficient (Wildman–Crippen LogP) is 5.19. The van der Waals surface area contributed by atoms with Crippen molar-refractivity contribution >= 4 is 34.0 Å². The lowest BCUT2D eigenvalue weighted by molar-refractivity contribution is -0.115. The van der Waals surface area contributed by atoms with Crippen LogP contribution in [0, 0.1) is 18.3 Å². The summed E-state index contributed by atoms with van der Waals surface area (Å²) in [6, 6.07) is 4.20. The van der Waals surface area contributed by atoms with E-state index in [1.807, 2.05) is 31.4 Å². The van der Waals surface area contributed by atoms with Gasteiger partial charge < -0.3 is 14.3 Å². The van der Waals surface area contributed by atoms with E-state index in [4.69, 9.17) is 4.42 Å². The Kier molecular flexibility index (Phi) is 6.49. The molecule has 0 fully saturated rings. The highest BCUT2D eigenvalue weighted by atomic mass is 32.2. The van der Waals surface area contributed by atoms with Crippen LogP contribution in [0.1, 0.15) is 54.9 Å². The highest BCUT2D eigenvalue weighted by Gasteiger charge is 2.25. The molecule has 1 aliphatic rings. The van der Waals surface area contributed by atoms with Gasteiger partial charge >= 0.3 is 0 Å². The summed E-state index contributed by atoms with van der Waals surface area (Å²) in [6.45, 7) is 6.44. The lowest BCUT2D eigenvalue weighted by Gasteiger charge is -2.12. The summed E-state index contributed by atoms with van der Waals surface area (Å²) in [5.41, 5.74) is 2.67. The number of rotatable bonds is 6. The Balaban J connectivity index is 1.51. The molecule has 0 spiro atoms. The molecule has 1 amide bonds. The second kappa shape index (κ2) is 9.28. The van der Waals surface area contributed by atoms with Crippen LogP contribution < -0.4 is 5.32 Å². The summed E-state index contributed by atoms with van der Waals surface area (Å²) in [5.74, 6) is 1.38. The first kappa shape index (κ1) is 21.7. The van der Waals surface area contributed by atoms with Gasteiger partial charge in [0.2, 0.25) is 5.91 Å². The highest BCUT2D eigenvalue weighted by Crippen LogP contribution is 2.37. The number of thiophene rings is 1. The molecule has 1 unspecified atom stereocenters. The van der Waals surface area contributed by atoms with Crippen LogP contribution in [-0.2, 0) is 24.2 Å². The van der Waals surface area contributed by atoms with E-state index in [2.05, 4.69) is 21.6 Å². The molecule has 162 valence electrons. The SMILES string of the molecule is CCn1c(SC(C)C(=O)Nc2sc3c(c2C#N)CCCCC3)nnc1-c1ccoc1C. The van der Waals surface area contributed by atoms with Crippen LogP contribution in [0.15, 0.2) is 21.9 Å². The van der Waals surface area contributed by atoms with E-state index in [1.165, 1.54) is 23.1 Å². The average molecular weight is 456 g/mol. The van der Waals surface area contributed by atoms with Gasteiger partial charge in [-0.3, -0.25) is 4.79 Å². The number of furan rings is 1. The second-order valence-electron chi connectivity index (χ2n) is 7.57. The van der Waals surface area contributed by atoms with Crippen molar-refractivity contribution in [1.82, 2.24) is 14.8 Å². The van der Waals surface area contributed by atoms with Crippen molar-refractivity contribution in [2.24, 2.45) is 0 Å². The van der Waals surface area contributed by atoms with Gasteiger partial charge in [-0.2, -0.15) is 5.26 Å². The number of anilines is 1. The summed E-state index contributed by atoms with van der Waals surface area (Å²) >= 11 is 2.92. The van der Waals surface area contributed by atoms with Gasteiger partial charge in [0.15, 0.2) is 11.0 Å². The van der Waals surface area contributed by atoms with Crippen LogP contribution in [0.5, 0.6) is 0 Å². The first-order valence-corrected chi connectivity index (χ1v) is 12.2. The van der Waals surface area contributed by atoms with E-state index >= 15 is 0 Å². The van der Waals surface area contributed by atoms with Crippen LogP contribution in [0.2, 0.25) is 0 Å². The van der Waals surface area contributed by atoms with Crippen molar-refractivity contribution in [2.45, 2.75) is 69.8 Å². The van der Waals surface area contributed by atoms with Gasteiger partial charge in [-0.1, -0.05) is 18.2 Å². The van der Waals surface area contributed by atoms with Crippen molar-refractivity contribution in [1.29, 1.82) is 5.26 Å². The zero-order chi connectivity index (χ0) is 22.0. The van der Waals surface area contributed by atoms with E-state index in [1.54, 1.807) is 17.6 Å². The summed E-state index contributed by atoms with van der Waals surface area (Å²) in [4.78, 5) is 14.2. The molecule has 0 bridgehead atoms. The minimum atomic E-state index is -0.388. The van der Waals surface area contributed by atoms with E-state index in [-0.39, 0.29) is 11.2 Å². The molecule has 4 rings (SSSR count). The zero-order valence-corrected chi connectivity index (χ0v) is 19.5. The molecule has 0 saturated carbocycles. The lowest BCUT2D eigenvalue weighted by Crippen LogP contribution is -2.23. The topological polar surface area (TPSA) is 96.7 Å². The number of fused-ring (bicyclic) bond motifs is 1. The molecule has 1 aliphatic carbocycles. The van der Waals surface area contributed by atoms with E-state index in [9.17, 15) is 10.1 Å². The Morgan fingerprint density at radius 3 is 2.90 bits per heavy atom. The number of nitriles is 1. The summed E-state index contributed by atoms with van der Waals surface area (Å²) in [7, 11) is 0. The van der Waals surface area contributed by atoms with Gasteiger partial charge in [0, 0.05) is 11.4 Å². The van der Waals surface area contributed by atoms with Gasteiger partial charge in [0.05, 0.1) is 22.6 Å². The van der Waals surface area contributed by atoms with Crippen LogP contribution >= 0.6 is 23.1 Å². The van der Waals surface area contributed by atoms with Crippen molar-refractivity contribution in [3.05, 3.63) is 34.1 Å². The fourth-order valence-electron chi connectivity index (χ4n) is 3.85. The summed E-state index contributed by atoms with van der Waals surface area (Å²) < 4.78 is 7.39. The third kappa shape index (κ3) is 4.27. The van der Waals surface area contributed by atoms with E-state index in [0.717, 1.165) is 48.4 Å². The molecule has 7 nitrogen and oxygen atoms in total. The molecular weight excluding hydrogens is 430 g/mol. The monoisotopic (exact) mass is 455 g/mol. The molecule has 0 radical (unpaired) electrons. The van der Waals surface area contributed by atoms with Gasteiger partial charge in [0.1, 0.15) is 16.8 Å². The van der Waals surface area contributed by atoms with E-state index < -0.39 is 0 Å². The molecule has 0 saturated heterocycles. The van der Waals surface area contributed by atoms with Crippen molar-refractivity contribution in [3.8, 4) is 17.5 Å². The van der Waals surface area contributed by atoms with Gasteiger partial charge in [0.25, 0.3) is 0 Å². The number of carbonyl (C=O) groups is 1. The first-order valence-electron chi connectivity index (χ1n) is 10.5. The number of hydrogen-bond acceptors (Lipinski definition) is 7. The smallest absolute Gasteiger partial charge is 0.238 e. The molecule has 3 aromatic rings. The average Bonchev–Trinajstić information content (AvgIpc) is 3.39. The van der Waals surface area contributed by atoms with Gasteiger partial charge in [-0.15, -0.1) is 21.5 Å². The predicted molar refractivity (Wildman–Crippen MR) is 122 cm³/mol. The second-order valence-corrected chi connectivity index (χ2v) is 9.98. The quantitative estimate of drug-likeness (QED) is 0.406. The van der Waals surface area contributed by atoms with Gasteiger partial charge in [-0.05, 0) is 58.1 Å². The Bertz CT molecular complexity index is 1140. The van der Waals surface area contributed by atoms with Crippen LogP contribution in [-0.4, -0.2) is 25.9 Å². The maximum absolute atomic E-state index is 12.9. The number of amides is 1. The Labute approximate surface area is 189 Å². The number of nitrogens with one attached hydrogen (secondary N) is 1. The number of thioether (sulfide) groups is 1. The maximum Gasteiger partial charge on any atom is 0.238 e. The van der Waals surface area contributed by atoms with E-state index in [0.29, 0.717) is 22.3 Å². The third-order valence-electron chi connectivity index (χ3n) is 5.55. The fraction of sp³-hybridized carbons (Fsp3) is 0.455.